The van der Waals surface area contributed by atoms with Crippen molar-refractivity contribution in [1.29, 1.82) is 0 Å². The fourth-order valence-electron chi connectivity index (χ4n) is 0.236. The maximum atomic E-state index is 9.76. The van der Waals surface area contributed by atoms with E-state index in [2.05, 4.69) is 56.4 Å². The number of quaternary nitrogens is 2. The average Bonchev–Trinajstić information content (AvgIpc) is 1.94. The molecule has 0 heterocycles. The molecule has 0 fully saturated rings. The van der Waals surface area contributed by atoms with E-state index in [1.54, 1.807) is 0 Å². The highest BCUT2D eigenvalue weighted by Crippen LogP contribution is 1.86. The number of hydrogen-bond donors (Lipinski definition) is 0. The first-order valence-corrected chi connectivity index (χ1v) is 5.72. The van der Waals surface area contributed by atoms with Crippen molar-refractivity contribution in [3.05, 3.63) is 11.6 Å². The SMILES string of the molecule is C/C(=C/C(=O)[O-])C(=O)[O-].C[N+](C)(C)C.C[N+](C)(C)C. The van der Waals surface area contributed by atoms with Crippen molar-refractivity contribution >= 4 is 11.9 Å². The minimum atomic E-state index is -1.53. The van der Waals surface area contributed by atoms with Gasteiger partial charge in [-0.3, -0.25) is 0 Å². The van der Waals surface area contributed by atoms with Gasteiger partial charge in [0, 0.05) is 0 Å². The Morgan fingerprint density at radius 3 is 1.05 bits per heavy atom. The first kappa shape index (κ1) is 22.8. The third kappa shape index (κ3) is 81.2. The normalized spacial score (nSPS) is 11.5. The van der Waals surface area contributed by atoms with Crippen LogP contribution in [0.1, 0.15) is 6.92 Å². The Morgan fingerprint density at radius 1 is 0.789 bits per heavy atom. The molecule has 0 spiro atoms. The van der Waals surface area contributed by atoms with Crippen LogP contribution in [-0.4, -0.2) is 77.3 Å². The zero-order valence-electron chi connectivity index (χ0n) is 13.6. The molecule has 0 atom stereocenters. The van der Waals surface area contributed by atoms with Gasteiger partial charge in [-0.15, -0.1) is 0 Å². The molecular weight excluding hydrogens is 248 g/mol. The smallest absolute Gasteiger partial charge is 0.0675 e. The molecule has 0 radical (unpaired) electrons. The number of carbonyl (C=O) groups is 2. The van der Waals surface area contributed by atoms with E-state index in [-0.39, 0.29) is 5.57 Å². The molecular formula is C13H28N2O4. The van der Waals surface area contributed by atoms with Gasteiger partial charge in [-0.1, -0.05) is 0 Å². The third-order valence-corrected chi connectivity index (χ3v) is 0.656. The minimum Gasteiger partial charge on any atom is -0.545 e. The highest BCUT2D eigenvalue weighted by Gasteiger charge is 1.89. The molecule has 0 bridgehead atoms. The van der Waals surface area contributed by atoms with Crippen molar-refractivity contribution in [3.63, 3.8) is 0 Å². The molecule has 0 aliphatic heterocycles. The summed E-state index contributed by atoms with van der Waals surface area (Å²) in [5.41, 5.74) is -0.352. The highest BCUT2D eigenvalue weighted by molar-refractivity contribution is 5.92. The largest absolute Gasteiger partial charge is 0.545 e. The Labute approximate surface area is 116 Å². The summed E-state index contributed by atoms with van der Waals surface area (Å²) in [7, 11) is 17.0. The Kier molecular flexibility index (Phi) is 11.4. The molecule has 0 amide bonds. The predicted molar refractivity (Wildman–Crippen MR) is 71.7 cm³/mol. The van der Waals surface area contributed by atoms with Crippen LogP contribution in [0, 0.1) is 0 Å². The van der Waals surface area contributed by atoms with Crippen molar-refractivity contribution in [2.45, 2.75) is 6.92 Å². The van der Waals surface area contributed by atoms with Crippen LogP contribution in [0.4, 0.5) is 0 Å². The van der Waals surface area contributed by atoms with Crippen molar-refractivity contribution in [3.8, 4) is 0 Å². The number of carboxylic acid groups (broad SMARTS) is 2. The van der Waals surface area contributed by atoms with Crippen molar-refractivity contribution in [2.24, 2.45) is 0 Å². The molecule has 0 N–H and O–H groups in total. The maximum absolute atomic E-state index is 9.76. The number of carboxylic acids is 2. The van der Waals surface area contributed by atoms with Gasteiger partial charge >= 0.3 is 0 Å². The molecule has 0 aromatic carbocycles. The summed E-state index contributed by atoms with van der Waals surface area (Å²) in [5.74, 6) is -3.03. The Bertz CT molecular complexity index is 286. The fraction of sp³-hybridized carbons (Fsp3) is 0.692. The fourth-order valence-corrected chi connectivity index (χ4v) is 0.236. The molecule has 6 nitrogen and oxygen atoms in total. The predicted octanol–water partition coefficient (Wildman–Crippen LogP) is -1.92. The van der Waals surface area contributed by atoms with Gasteiger partial charge in [-0.05, 0) is 18.6 Å². The first-order valence-electron chi connectivity index (χ1n) is 5.72. The molecule has 0 aromatic heterocycles. The topological polar surface area (TPSA) is 80.3 Å². The van der Waals surface area contributed by atoms with Gasteiger partial charge in [0.2, 0.25) is 0 Å². The second-order valence-corrected chi connectivity index (χ2v) is 6.80. The summed E-state index contributed by atoms with van der Waals surface area (Å²) >= 11 is 0. The van der Waals surface area contributed by atoms with Crippen molar-refractivity contribution in [2.75, 3.05) is 56.4 Å². The van der Waals surface area contributed by atoms with E-state index < -0.39 is 11.9 Å². The summed E-state index contributed by atoms with van der Waals surface area (Å²) < 4.78 is 2.00. The molecule has 0 unspecified atom stereocenters. The van der Waals surface area contributed by atoms with Crippen LogP contribution in [0.3, 0.4) is 0 Å². The molecule has 6 heteroatoms. The van der Waals surface area contributed by atoms with E-state index in [0.29, 0.717) is 6.08 Å². The number of aliphatic carboxylic acids is 2. The molecule has 0 rings (SSSR count). The lowest BCUT2D eigenvalue weighted by molar-refractivity contribution is -0.849. The van der Waals surface area contributed by atoms with E-state index in [1.165, 1.54) is 0 Å². The van der Waals surface area contributed by atoms with Gasteiger partial charge in [0.25, 0.3) is 0 Å². The van der Waals surface area contributed by atoms with Gasteiger partial charge in [-0.2, -0.15) is 0 Å². The Balaban J connectivity index is -0.000000219. The van der Waals surface area contributed by atoms with Crippen LogP contribution >= 0.6 is 0 Å². The lowest BCUT2D eigenvalue weighted by Crippen LogP contribution is -2.27. The lowest BCUT2D eigenvalue weighted by Gasteiger charge is -2.14. The van der Waals surface area contributed by atoms with Crippen LogP contribution in [0.2, 0.25) is 0 Å². The summed E-state index contributed by atoms with van der Waals surface area (Å²) in [5, 5.41) is 19.4. The third-order valence-electron chi connectivity index (χ3n) is 0.656. The van der Waals surface area contributed by atoms with Crippen LogP contribution in [0.5, 0.6) is 0 Å². The Morgan fingerprint density at radius 2 is 1.00 bits per heavy atom. The zero-order valence-corrected chi connectivity index (χ0v) is 13.6. The average molecular weight is 276 g/mol. The Hall–Kier alpha value is -1.40. The number of hydrogen-bond acceptors (Lipinski definition) is 4. The summed E-state index contributed by atoms with van der Waals surface area (Å²) in [6, 6.07) is 0. The van der Waals surface area contributed by atoms with Gasteiger partial charge in [0.05, 0.1) is 68.3 Å². The monoisotopic (exact) mass is 276 g/mol. The molecule has 0 aliphatic carbocycles. The number of rotatable bonds is 2. The second kappa shape index (κ2) is 9.52. The molecule has 0 saturated heterocycles. The van der Waals surface area contributed by atoms with E-state index >= 15 is 0 Å². The molecule has 0 saturated carbocycles. The number of nitrogens with zero attached hydrogens (tertiary/aromatic N) is 2. The number of carbonyl (C=O) groups excluding carboxylic acids is 2. The lowest BCUT2D eigenvalue weighted by atomic mass is 10.3. The molecule has 19 heavy (non-hydrogen) atoms. The molecule has 0 aromatic rings. The first-order chi connectivity index (χ1) is 8.04. The molecule has 0 aliphatic rings. The quantitative estimate of drug-likeness (QED) is 0.435. The van der Waals surface area contributed by atoms with Crippen LogP contribution in [0.25, 0.3) is 0 Å². The standard InChI is InChI=1S/C5H6O4.2C4H12N/c1-3(5(8)9)2-4(6)7;2*1-5(2,3)4/h2H,1H3,(H,6,7)(H,8,9);2*1-4H3/q;2*+1/p-2/b3-2-;;. The van der Waals surface area contributed by atoms with Gasteiger partial charge in [0.15, 0.2) is 0 Å². The van der Waals surface area contributed by atoms with E-state index in [0.717, 1.165) is 15.9 Å². The van der Waals surface area contributed by atoms with Gasteiger partial charge in [0.1, 0.15) is 0 Å². The van der Waals surface area contributed by atoms with Crippen molar-refractivity contribution in [1.82, 2.24) is 0 Å². The second-order valence-electron chi connectivity index (χ2n) is 6.80. The van der Waals surface area contributed by atoms with E-state index in [1.807, 2.05) is 0 Å². The summed E-state index contributed by atoms with van der Waals surface area (Å²) in [6.45, 7) is 1.12. The van der Waals surface area contributed by atoms with Crippen LogP contribution in [-0.2, 0) is 9.59 Å². The minimum absolute atomic E-state index is 0.352. The van der Waals surface area contributed by atoms with Gasteiger partial charge < -0.3 is 28.8 Å². The summed E-state index contributed by atoms with van der Waals surface area (Å²) in [6.07, 6.45) is 0.468. The zero-order chi connectivity index (χ0) is 16.4. The van der Waals surface area contributed by atoms with Crippen LogP contribution < -0.4 is 10.2 Å². The highest BCUT2D eigenvalue weighted by atomic mass is 16.4. The van der Waals surface area contributed by atoms with E-state index in [4.69, 9.17) is 0 Å². The molecule has 114 valence electrons. The maximum Gasteiger partial charge on any atom is 0.0675 e. The summed E-state index contributed by atoms with van der Waals surface area (Å²) in [4.78, 5) is 19.4. The van der Waals surface area contributed by atoms with Crippen molar-refractivity contribution < 1.29 is 28.8 Å². The van der Waals surface area contributed by atoms with Crippen LogP contribution in [0.15, 0.2) is 11.6 Å². The van der Waals surface area contributed by atoms with E-state index in [9.17, 15) is 19.8 Å². The van der Waals surface area contributed by atoms with Gasteiger partial charge in [-0.25, -0.2) is 0 Å².